The van der Waals surface area contributed by atoms with Crippen molar-refractivity contribution in [2.75, 3.05) is 24.8 Å². The van der Waals surface area contributed by atoms with Gasteiger partial charge in [-0.2, -0.15) is 23.5 Å². The summed E-state index contributed by atoms with van der Waals surface area (Å²) in [7, 11) is 0. The monoisotopic (exact) mass is 280 g/mol. The summed E-state index contributed by atoms with van der Waals surface area (Å²) < 4.78 is 0. The predicted molar refractivity (Wildman–Crippen MR) is 73.9 cm³/mol. The lowest BCUT2D eigenvalue weighted by Crippen LogP contribution is -2.47. The predicted octanol–water partition coefficient (Wildman–Crippen LogP) is 1.24. The number of carboxylic acid groups (broad SMARTS) is 1. The van der Waals surface area contributed by atoms with Crippen LogP contribution in [0.15, 0.2) is 0 Å². The van der Waals surface area contributed by atoms with Crippen molar-refractivity contribution in [2.45, 2.75) is 24.6 Å². The molecule has 3 N–H and O–H groups in total. The molecule has 0 saturated heterocycles. The highest BCUT2D eigenvalue weighted by atomic mass is 32.2. The first kappa shape index (κ1) is 16.4. The molecule has 7 heteroatoms. The van der Waals surface area contributed by atoms with Crippen molar-refractivity contribution in [3.05, 3.63) is 0 Å². The summed E-state index contributed by atoms with van der Waals surface area (Å²) in [5.74, 6) is -0.287. The quantitative estimate of drug-likeness (QED) is 0.623. The van der Waals surface area contributed by atoms with E-state index in [-0.39, 0.29) is 0 Å². The van der Waals surface area contributed by atoms with Crippen LogP contribution in [0.25, 0.3) is 0 Å². The zero-order valence-corrected chi connectivity index (χ0v) is 12.0. The van der Waals surface area contributed by atoms with E-state index in [0.717, 1.165) is 0 Å². The van der Waals surface area contributed by atoms with Gasteiger partial charge in [0.05, 0.1) is 0 Å². The van der Waals surface area contributed by atoms with E-state index in [1.165, 1.54) is 0 Å². The molecule has 0 aromatic heterocycles. The molecule has 0 saturated carbocycles. The second-order valence-electron chi connectivity index (χ2n) is 3.57. The van der Waals surface area contributed by atoms with Crippen molar-refractivity contribution in [2.24, 2.45) is 0 Å². The maximum Gasteiger partial charge on any atom is 0.326 e. The van der Waals surface area contributed by atoms with Gasteiger partial charge in [-0.05, 0) is 24.7 Å². The van der Waals surface area contributed by atoms with Gasteiger partial charge in [0.25, 0.3) is 0 Å². The van der Waals surface area contributed by atoms with Crippen LogP contribution in [0.2, 0.25) is 0 Å². The van der Waals surface area contributed by atoms with Gasteiger partial charge in [-0.15, -0.1) is 0 Å². The molecule has 0 aromatic rings. The Morgan fingerprint density at radius 3 is 2.47 bits per heavy atom. The highest BCUT2D eigenvalue weighted by molar-refractivity contribution is 7.99. The number of nitrogens with one attached hydrogen (secondary N) is 2. The Bertz CT molecular complexity index is 252. The van der Waals surface area contributed by atoms with Gasteiger partial charge in [-0.25, -0.2) is 9.59 Å². The lowest BCUT2D eigenvalue weighted by Gasteiger charge is -2.16. The summed E-state index contributed by atoms with van der Waals surface area (Å²) in [5, 5.41) is 14.3. The summed E-state index contributed by atoms with van der Waals surface area (Å²) in [4.78, 5) is 22.3. The van der Waals surface area contributed by atoms with Gasteiger partial charge >= 0.3 is 12.0 Å². The Morgan fingerprint density at radius 2 is 2.00 bits per heavy atom. The molecule has 2 atom stereocenters. The highest BCUT2D eigenvalue weighted by Crippen LogP contribution is 2.03. The van der Waals surface area contributed by atoms with E-state index < -0.39 is 18.0 Å². The molecular weight excluding hydrogens is 260 g/mol. The van der Waals surface area contributed by atoms with Crippen molar-refractivity contribution >= 4 is 35.5 Å². The van der Waals surface area contributed by atoms with Crippen molar-refractivity contribution < 1.29 is 14.7 Å². The number of rotatable bonds is 8. The zero-order chi connectivity index (χ0) is 13.3. The van der Waals surface area contributed by atoms with E-state index in [1.54, 1.807) is 23.5 Å². The first-order valence-corrected chi connectivity index (χ1v) is 7.98. The Kier molecular flexibility index (Phi) is 9.16. The minimum atomic E-state index is -0.993. The summed E-state index contributed by atoms with van der Waals surface area (Å²) >= 11 is 3.20. The van der Waals surface area contributed by atoms with Gasteiger partial charge in [0.1, 0.15) is 6.04 Å². The maximum atomic E-state index is 11.4. The summed E-state index contributed by atoms with van der Waals surface area (Å²) in [6.07, 6.45) is 4.30. The number of carboxylic acids is 1. The minimum Gasteiger partial charge on any atom is -0.480 e. The summed E-state index contributed by atoms with van der Waals surface area (Å²) in [6, 6.07) is -1.23. The Morgan fingerprint density at radius 1 is 1.35 bits per heavy atom. The molecule has 0 aliphatic heterocycles. The molecule has 5 nitrogen and oxygen atoms in total. The largest absolute Gasteiger partial charge is 0.480 e. The van der Waals surface area contributed by atoms with Gasteiger partial charge in [0.2, 0.25) is 0 Å². The van der Waals surface area contributed by atoms with Gasteiger partial charge in [-0.3, -0.25) is 0 Å². The van der Waals surface area contributed by atoms with E-state index in [4.69, 9.17) is 5.11 Å². The van der Waals surface area contributed by atoms with Gasteiger partial charge < -0.3 is 15.7 Å². The molecular formula is C10H20N2O3S2. The first-order chi connectivity index (χ1) is 8.01. The minimum absolute atomic E-state index is 0.315. The fourth-order valence-electron chi connectivity index (χ4n) is 1.02. The third-order valence-electron chi connectivity index (χ3n) is 2.17. The first-order valence-electron chi connectivity index (χ1n) is 5.30. The van der Waals surface area contributed by atoms with Gasteiger partial charge in [0.15, 0.2) is 0 Å². The van der Waals surface area contributed by atoms with E-state index in [2.05, 4.69) is 10.6 Å². The average Bonchev–Trinajstić information content (AvgIpc) is 2.30. The molecule has 1 unspecified atom stereocenters. The summed E-state index contributed by atoms with van der Waals surface area (Å²) in [6.45, 7) is 2.52. The normalized spacial score (nSPS) is 13.8. The molecule has 0 aromatic carbocycles. The van der Waals surface area contributed by atoms with Crippen LogP contribution in [0, 0.1) is 0 Å². The second kappa shape index (κ2) is 9.47. The molecule has 0 rings (SSSR count). The van der Waals surface area contributed by atoms with Crippen molar-refractivity contribution in [3.63, 3.8) is 0 Å². The molecule has 0 fully saturated rings. The number of thioether (sulfide) groups is 2. The van der Waals surface area contributed by atoms with Crippen LogP contribution >= 0.6 is 23.5 Å². The van der Waals surface area contributed by atoms with E-state index >= 15 is 0 Å². The Hall–Kier alpha value is -0.560. The topological polar surface area (TPSA) is 78.4 Å². The molecule has 0 spiro atoms. The van der Waals surface area contributed by atoms with E-state index in [1.807, 2.05) is 19.4 Å². The fourth-order valence-corrected chi connectivity index (χ4v) is 1.74. The molecule has 0 aliphatic carbocycles. The van der Waals surface area contributed by atoms with Crippen molar-refractivity contribution in [1.29, 1.82) is 0 Å². The van der Waals surface area contributed by atoms with Crippen LogP contribution in [0.3, 0.4) is 0 Å². The molecule has 17 heavy (non-hydrogen) atoms. The highest BCUT2D eigenvalue weighted by Gasteiger charge is 2.19. The van der Waals surface area contributed by atoms with Gasteiger partial charge in [-0.1, -0.05) is 6.92 Å². The van der Waals surface area contributed by atoms with Crippen LogP contribution in [0.1, 0.15) is 13.3 Å². The molecule has 0 radical (unpaired) electrons. The Labute approximate surface area is 110 Å². The fraction of sp³-hybridized carbons (Fsp3) is 0.800. The number of aliphatic carboxylic acids is 1. The molecule has 100 valence electrons. The summed E-state index contributed by atoms with van der Waals surface area (Å²) in [5.41, 5.74) is 0. The third-order valence-corrected chi connectivity index (χ3v) is 3.78. The number of hydrogen-bond donors (Lipinski definition) is 3. The van der Waals surface area contributed by atoms with Crippen LogP contribution in [0.5, 0.6) is 0 Å². The number of amides is 2. The van der Waals surface area contributed by atoms with Crippen molar-refractivity contribution in [1.82, 2.24) is 10.6 Å². The lowest BCUT2D eigenvalue weighted by molar-refractivity contribution is -0.139. The molecule has 2 amide bonds. The smallest absolute Gasteiger partial charge is 0.326 e. The number of hydrogen-bond acceptors (Lipinski definition) is 4. The third kappa shape index (κ3) is 8.20. The van der Waals surface area contributed by atoms with Gasteiger partial charge in [0, 0.05) is 11.8 Å². The molecule has 0 aliphatic rings. The Balaban J connectivity index is 3.99. The second-order valence-corrected chi connectivity index (χ2v) is 5.83. The standard InChI is InChI=1S/C10H20N2O3S2/c1-7(17-3)6-11-10(15)12-8(9(13)14)4-5-16-2/h7-8H,4-6H2,1-3H3,(H,13,14)(H2,11,12,15)/t7?,8-/m1/s1. The number of urea groups is 1. The molecule has 0 bridgehead atoms. The van der Waals surface area contributed by atoms with Crippen molar-refractivity contribution in [3.8, 4) is 0 Å². The molecule has 0 heterocycles. The average molecular weight is 280 g/mol. The SMILES string of the molecule is CSCC[C@@H](NC(=O)NCC(C)SC)C(=O)O. The zero-order valence-electron chi connectivity index (χ0n) is 10.4. The van der Waals surface area contributed by atoms with Crippen LogP contribution in [-0.2, 0) is 4.79 Å². The van der Waals surface area contributed by atoms with Crippen LogP contribution in [-0.4, -0.2) is 53.2 Å². The van der Waals surface area contributed by atoms with Crippen LogP contribution < -0.4 is 10.6 Å². The van der Waals surface area contributed by atoms with E-state index in [0.29, 0.717) is 24.0 Å². The number of carbonyl (C=O) groups excluding carboxylic acids is 1. The van der Waals surface area contributed by atoms with E-state index in [9.17, 15) is 9.59 Å². The number of carbonyl (C=O) groups is 2. The maximum absolute atomic E-state index is 11.4. The van der Waals surface area contributed by atoms with Crippen LogP contribution in [0.4, 0.5) is 4.79 Å². The lowest BCUT2D eigenvalue weighted by atomic mass is 10.2.